The SMILES string of the molecule is O=S1(=O)C[C@H]2CC[C@@H](C1)N2. The zero-order chi connectivity index (χ0) is 7.19. The van der Waals surface area contributed by atoms with Crippen molar-refractivity contribution in [2.75, 3.05) is 11.5 Å². The summed E-state index contributed by atoms with van der Waals surface area (Å²) in [5, 5.41) is 3.27. The van der Waals surface area contributed by atoms with E-state index in [2.05, 4.69) is 5.32 Å². The van der Waals surface area contributed by atoms with Crippen LogP contribution in [0.5, 0.6) is 0 Å². The molecule has 10 heavy (non-hydrogen) atoms. The number of nitrogens with one attached hydrogen (secondary N) is 1. The Hall–Kier alpha value is -0.0900. The first-order valence-electron chi connectivity index (χ1n) is 3.62. The van der Waals surface area contributed by atoms with Crippen molar-refractivity contribution in [2.24, 2.45) is 0 Å². The van der Waals surface area contributed by atoms with Crippen molar-refractivity contribution in [3.63, 3.8) is 0 Å². The van der Waals surface area contributed by atoms with E-state index in [0.29, 0.717) is 11.5 Å². The fourth-order valence-corrected chi connectivity index (χ4v) is 3.73. The minimum atomic E-state index is -2.68. The highest BCUT2D eigenvalue weighted by molar-refractivity contribution is 7.91. The van der Waals surface area contributed by atoms with Crippen LogP contribution in [0, 0.1) is 0 Å². The van der Waals surface area contributed by atoms with Crippen molar-refractivity contribution in [2.45, 2.75) is 24.9 Å². The van der Waals surface area contributed by atoms with E-state index in [9.17, 15) is 8.42 Å². The first-order valence-corrected chi connectivity index (χ1v) is 5.44. The third-order valence-corrected chi connectivity index (χ3v) is 4.07. The Labute approximate surface area is 60.7 Å². The third kappa shape index (κ3) is 1.06. The van der Waals surface area contributed by atoms with Gasteiger partial charge in [-0.3, -0.25) is 0 Å². The van der Waals surface area contributed by atoms with Gasteiger partial charge in [0, 0.05) is 12.1 Å². The molecule has 0 amide bonds. The number of hydrogen-bond donors (Lipinski definition) is 1. The van der Waals surface area contributed by atoms with E-state index in [-0.39, 0.29) is 12.1 Å². The normalized spacial score (nSPS) is 43.6. The molecule has 0 radical (unpaired) electrons. The molecule has 1 N–H and O–H groups in total. The van der Waals surface area contributed by atoms with Gasteiger partial charge in [-0.1, -0.05) is 0 Å². The Kier molecular flexibility index (Phi) is 1.29. The monoisotopic (exact) mass is 161 g/mol. The maximum Gasteiger partial charge on any atom is 0.153 e. The summed E-state index contributed by atoms with van der Waals surface area (Å²) in [5.74, 6) is 0.729. The van der Waals surface area contributed by atoms with Crippen LogP contribution in [-0.4, -0.2) is 32.0 Å². The average Bonchev–Trinajstić information content (AvgIpc) is 2.08. The molecule has 4 heteroatoms. The largest absolute Gasteiger partial charge is 0.309 e. The quantitative estimate of drug-likeness (QED) is 0.522. The first-order chi connectivity index (χ1) is 4.66. The van der Waals surface area contributed by atoms with Gasteiger partial charge in [0.1, 0.15) is 0 Å². The fourth-order valence-electron chi connectivity index (χ4n) is 1.85. The smallest absolute Gasteiger partial charge is 0.153 e. The predicted molar refractivity (Wildman–Crippen MR) is 38.6 cm³/mol. The third-order valence-electron chi connectivity index (χ3n) is 2.25. The van der Waals surface area contributed by atoms with Gasteiger partial charge in [0.25, 0.3) is 0 Å². The predicted octanol–water partition coefficient (Wildman–Crippen LogP) is -0.465. The molecule has 2 heterocycles. The summed E-state index contributed by atoms with van der Waals surface area (Å²) in [5.41, 5.74) is 0. The van der Waals surface area contributed by atoms with Gasteiger partial charge in [-0.2, -0.15) is 0 Å². The van der Waals surface area contributed by atoms with Crippen molar-refractivity contribution in [3.8, 4) is 0 Å². The molecule has 2 bridgehead atoms. The van der Waals surface area contributed by atoms with Gasteiger partial charge in [0.15, 0.2) is 9.84 Å². The maximum absolute atomic E-state index is 11.1. The van der Waals surface area contributed by atoms with E-state index < -0.39 is 9.84 Å². The van der Waals surface area contributed by atoms with Gasteiger partial charge in [-0.05, 0) is 12.8 Å². The zero-order valence-corrected chi connectivity index (χ0v) is 6.52. The summed E-state index contributed by atoms with van der Waals surface area (Å²) >= 11 is 0. The highest BCUT2D eigenvalue weighted by atomic mass is 32.2. The molecule has 3 nitrogen and oxygen atoms in total. The highest BCUT2D eigenvalue weighted by Gasteiger charge is 2.35. The van der Waals surface area contributed by atoms with E-state index in [1.165, 1.54) is 0 Å². The lowest BCUT2D eigenvalue weighted by molar-refractivity contribution is 0.528. The molecule has 58 valence electrons. The zero-order valence-electron chi connectivity index (χ0n) is 5.71. The summed E-state index contributed by atoms with van der Waals surface area (Å²) in [6, 6.07) is 0.535. The van der Waals surface area contributed by atoms with Crippen LogP contribution >= 0.6 is 0 Å². The molecular weight excluding hydrogens is 150 g/mol. The van der Waals surface area contributed by atoms with Crippen molar-refractivity contribution < 1.29 is 8.42 Å². The van der Waals surface area contributed by atoms with Gasteiger partial charge in [0.05, 0.1) is 11.5 Å². The van der Waals surface area contributed by atoms with Crippen LogP contribution < -0.4 is 5.32 Å². The molecule has 0 aliphatic carbocycles. The van der Waals surface area contributed by atoms with Crippen molar-refractivity contribution in [1.29, 1.82) is 0 Å². The number of sulfone groups is 1. The minimum absolute atomic E-state index is 0.267. The van der Waals surface area contributed by atoms with Crippen LogP contribution in [0.1, 0.15) is 12.8 Å². The van der Waals surface area contributed by atoms with Gasteiger partial charge in [-0.15, -0.1) is 0 Å². The van der Waals surface area contributed by atoms with E-state index in [0.717, 1.165) is 12.8 Å². The van der Waals surface area contributed by atoms with E-state index >= 15 is 0 Å². The summed E-state index contributed by atoms with van der Waals surface area (Å²) in [6.45, 7) is 0. The molecule has 0 unspecified atom stereocenters. The van der Waals surface area contributed by atoms with Crippen LogP contribution in [0.4, 0.5) is 0 Å². The van der Waals surface area contributed by atoms with Crippen LogP contribution in [0.3, 0.4) is 0 Å². The van der Waals surface area contributed by atoms with Gasteiger partial charge in [0.2, 0.25) is 0 Å². The molecule has 2 saturated heterocycles. The molecule has 0 aromatic carbocycles. The second-order valence-corrected chi connectivity index (χ2v) is 5.37. The Morgan fingerprint density at radius 1 is 1.10 bits per heavy atom. The van der Waals surface area contributed by atoms with Gasteiger partial charge >= 0.3 is 0 Å². The summed E-state index contributed by atoms with van der Waals surface area (Å²) < 4.78 is 22.1. The van der Waals surface area contributed by atoms with Crippen LogP contribution in [0.15, 0.2) is 0 Å². The Morgan fingerprint density at radius 2 is 1.60 bits per heavy atom. The fraction of sp³-hybridized carbons (Fsp3) is 1.00. The summed E-state index contributed by atoms with van der Waals surface area (Å²) in [7, 11) is -2.68. The van der Waals surface area contributed by atoms with Crippen LogP contribution in [0.2, 0.25) is 0 Å². The topological polar surface area (TPSA) is 46.2 Å². The lowest BCUT2D eigenvalue weighted by atomic mass is 10.2. The lowest BCUT2D eigenvalue weighted by Gasteiger charge is -2.20. The minimum Gasteiger partial charge on any atom is -0.309 e. The molecule has 0 aromatic heterocycles. The highest BCUT2D eigenvalue weighted by Crippen LogP contribution is 2.21. The van der Waals surface area contributed by atoms with Crippen LogP contribution in [-0.2, 0) is 9.84 Å². The molecule has 2 aliphatic rings. The second-order valence-electron chi connectivity index (χ2n) is 3.21. The average molecular weight is 161 g/mol. The number of hydrogen-bond acceptors (Lipinski definition) is 3. The molecule has 0 saturated carbocycles. The molecule has 2 aliphatic heterocycles. The number of fused-ring (bicyclic) bond motifs is 2. The van der Waals surface area contributed by atoms with Gasteiger partial charge < -0.3 is 5.32 Å². The Balaban J connectivity index is 2.25. The molecule has 2 fully saturated rings. The van der Waals surface area contributed by atoms with Crippen LogP contribution in [0.25, 0.3) is 0 Å². The second kappa shape index (κ2) is 1.95. The molecule has 0 aromatic rings. The van der Waals surface area contributed by atoms with Crippen molar-refractivity contribution >= 4 is 9.84 Å². The molecule has 2 rings (SSSR count). The summed E-state index contributed by atoms with van der Waals surface area (Å²) in [4.78, 5) is 0. The maximum atomic E-state index is 11.1. The Bertz CT molecular complexity index is 216. The molecule has 0 spiro atoms. The summed E-state index contributed by atoms with van der Waals surface area (Å²) in [6.07, 6.45) is 2.09. The van der Waals surface area contributed by atoms with Crippen molar-refractivity contribution in [1.82, 2.24) is 5.32 Å². The lowest BCUT2D eigenvalue weighted by Crippen LogP contribution is -2.45. The first kappa shape index (κ1) is 6.61. The van der Waals surface area contributed by atoms with E-state index in [1.807, 2.05) is 0 Å². The Morgan fingerprint density at radius 3 is 2.10 bits per heavy atom. The van der Waals surface area contributed by atoms with Crippen molar-refractivity contribution in [3.05, 3.63) is 0 Å². The number of rotatable bonds is 0. The van der Waals surface area contributed by atoms with E-state index in [1.54, 1.807) is 0 Å². The molecule has 2 atom stereocenters. The van der Waals surface area contributed by atoms with Gasteiger partial charge in [-0.25, -0.2) is 8.42 Å². The standard InChI is InChI=1S/C6H11NO2S/c8-10(9)3-5-1-2-6(4-10)7-5/h5-7H,1-4H2/t5-,6+. The van der Waals surface area contributed by atoms with E-state index in [4.69, 9.17) is 0 Å². The molecular formula is C6H11NO2S.